The molecule has 0 saturated heterocycles. The molecule has 0 unspecified atom stereocenters. The number of anilines is 1. The molecule has 2 N–H and O–H groups in total. The van der Waals surface area contributed by atoms with Gasteiger partial charge in [-0.2, -0.15) is 0 Å². The molecule has 1 atom stereocenters. The lowest BCUT2D eigenvalue weighted by Gasteiger charge is -2.20. The van der Waals surface area contributed by atoms with Crippen molar-refractivity contribution in [2.45, 2.75) is 52.2 Å². The summed E-state index contributed by atoms with van der Waals surface area (Å²) in [5.41, 5.74) is 0.983. The molecule has 20 heavy (non-hydrogen) atoms. The van der Waals surface area contributed by atoms with Crippen molar-refractivity contribution in [2.75, 3.05) is 5.32 Å². The molecule has 4 nitrogen and oxygen atoms in total. The molecule has 1 amide bonds. The van der Waals surface area contributed by atoms with Gasteiger partial charge in [-0.25, -0.2) is 4.79 Å². The number of hydrogen-bond acceptors (Lipinski definition) is 3. The number of carbonyl (C=O) groups excluding carboxylic acids is 1. The number of ether oxygens (including phenoxy) is 1. The topological polar surface area (TPSA) is 58.6 Å². The summed E-state index contributed by atoms with van der Waals surface area (Å²) < 4.78 is 5.22. The fourth-order valence-corrected chi connectivity index (χ4v) is 1.83. The first-order chi connectivity index (χ1) is 9.17. The van der Waals surface area contributed by atoms with Gasteiger partial charge in [0.1, 0.15) is 5.60 Å². The van der Waals surface area contributed by atoms with E-state index in [9.17, 15) is 9.90 Å². The minimum atomic E-state index is -0.553. The summed E-state index contributed by atoms with van der Waals surface area (Å²) in [7, 11) is 0. The highest BCUT2D eigenvalue weighted by Crippen LogP contribution is 2.23. The maximum Gasteiger partial charge on any atom is 0.412 e. The van der Waals surface area contributed by atoms with Gasteiger partial charge in [-0.3, -0.25) is 5.32 Å². The van der Waals surface area contributed by atoms with Crippen LogP contribution < -0.4 is 5.32 Å². The van der Waals surface area contributed by atoms with Gasteiger partial charge in [-0.15, -0.1) is 0 Å². The molecule has 0 saturated carbocycles. The number of hydrogen-bond donors (Lipinski definition) is 2. The maximum atomic E-state index is 11.8. The van der Waals surface area contributed by atoms with E-state index >= 15 is 0 Å². The van der Waals surface area contributed by atoms with Crippen LogP contribution in [-0.2, 0) is 11.2 Å². The van der Waals surface area contributed by atoms with Gasteiger partial charge in [-0.05, 0) is 58.2 Å². The summed E-state index contributed by atoms with van der Waals surface area (Å²) >= 11 is 5.95. The number of nitrogens with one attached hydrogen (secondary N) is 1. The van der Waals surface area contributed by atoms with Crippen molar-refractivity contribution in [3.8, 4) is 0 Å². The monoisotopic (exact) mass is 299 g/mol. The van der Waals surface area contributed by atoms with Crippen LogP contribution in [0.1, 0.15) is 39.7 Å². The molecule has 112 valence electrons. The molecule has 0 aliphatic rings. The van der Waals surface area contributed by atoms with Gasteiger partial charge in [0.15, 0.2) is 0 Å². The van der Waals surface area contributed by atoms with Gasteiger partial charge in [0.25, 0.3) is 0 Å². The van der Waals surface area contributed by atoms with E-state index in [0.29, 0.717) is 23.6 Å². The SMILES string of the molecule is C[C@H](O)CCc1ccc(Cl)cc1NC(=O)OC(C)(C)C. The third-order valence-corrected chi connectivity index (χ3v) is 2.77. The molecule has 0 heterocycles. The van der Waals surface area contributed by atoms with Crippen molar-refractivity contribution >= 4 is 23.4 Å². The van der Waals surface area contributed by atoms with Crippen molar-refractivity contribution < 1.29 is 14.6 Å². The van der Waals surface area contributed by atoms with Crippen molar-refractivity contribution in [2.24, 2.45) is 0 Å². The predicted molar refractivity (Wildman–Crippen MR) is 81.3 cm³/mol. The zero-order chi connectivity index (χ0) is 15.3. The third-order valence-electron chi connectivity index (χ3n) is 2.54. The minimum Gasteiger partial charge on any atom is -0.444 e. The molecular weight excluding hydrogens is 278 g/mol. The van der Waals surface area contributed by atoms with Gasteiger partial charge >= 0.3 is 6.09 Å². The molecule has 0 aliphatic carbocycles. The number of halogens is 1. The lowest BCUT2D eigenvalue weighted by atomic mass is 10.1. The van der Waals surface area contributed by atoms with Gasteiger partial charge in [0.2, 0.25) is 0 Å². The zero-order valence-corrected chi connectivity index (χ0v) is 13.1. The number of aryl methyl sites for hydroxylation is 1. The number of benzene rings is 1. The van der Waals surface area contributed by atoms with Crippen molar-refractivity contribution in [3.63, 3.8) is 0 Å². The molecule has 0 aromatic heterocycles. The van der Waals surface area contributed by atoms with Crippen LogP contribution >= 0.6 is 11.6 Å². The van der Waals surface area contributed by atoms with E-state index in [-0.39, 0.29) is 6.10 Å². The molecule has 1 aromatic rings. The summed E-state index contributed by atoms with van der Waals surface area (Å²) in [6.45, 7) is 7.15. The van der Waals surface area contributed by atoms with E-state index in [1.54, 1.807) is 39.8 Å². The van der Waals surface area contributed by atoms with E-state index < -0.39 is 11.7 Å². The van der Waals surface area contributed by atoms with E-state index in [0.717, 1.165) is 5.56 Å². The number of aliphatic hydroxyl groups excluding tert-OH is 1. The normalized spacial score (nSPS) is 12.9. The first-order valence-corrected chi connectivity index (χ1v) is 7.01. The van der Waals surface area contributed by atoms with Crippen LogP contribution in [-0.4, -0.2) is 22.9 Å². The highest BCUT2D eigenvalue weighted by molar-refractivity contribution is 6.31. The number of carbonyl (C=O) groups is 1. The summed E-state index contributed by atoms with van der Waals surface area (Å²) in [6, 6.07) is 5.29. The van der Waals surface area contributed by atoms with Crippen molar-refractivity contribution in [1.82, 2.24) is 0 Å². The molecular formula is C15H22ClNO3. The largest absolute Gasteiger partial charge is 0.444 e. The second-order valence-corrected chi connectivity index (χ2v) is 6.25. The third kappa shape index (κ3) is 6.26. The molecule has 5 heteroatoms. The second kappa shape index (κ2) is 6.95. The summed E-state index contributed by atoms with van der Waals surface area (Å²) in [6.07, 6.45) is 0.364. The van der Waals surface area contributed by atoms with Crippen molar-refractivity contribution in [1.29, 1.82) is 0 Å². The Kier molecular flexibility index (Phi) is 5.84. The highest BCUT2D eigenvalue weighted by Gasteiger charge is 2.17. The molecule has 0 spiro atoms. The fraction of sp³-hybridized carbons (Fsp3) is 0.533. The minimum absolute atomic E-state index is 0.389. The smallest absolute Gasteiger partial charge is 0.412 e. The van der Waals surface area contributed by atoms with Crippen LogP contribution in [0, 0.1) is 0 Å². The number of amides is 1. The van der Waals surface area contributed by atoms with Gasteiger partial charge in [0, 0.05) is 10.7 Å². The summed E-state index contributed by atoms with van der Waals surface area (Å²) in [5, 5.41) is 12.6. The number of rotatable bonds is 4. The molecule has 0 radical (unpaired) electrons. The first kappa shape index (κ1) is 16.8. The van der Waals surface area contributed by atoms with Crippen LogP contribution in [0.5, 0.6) is 0 Å². The molecule has 1 rings (SSSR count). The standard InChI is InChI=1S/C15H22ClNO3/c1-10(18)5-6-11-7-8-12(16)9-13(11)17-14(19)20-15(2,3)4/h7-10,18H,5-6H2,1-4H3,(H,17,19)/t10-/m0/s1. The molecule has 0 bridgehead atoms. The molecule has 0 aliphatic heterocycles. The summed E-state index contributed by atoms with van der Waals surface area (Å²) in [5.74, 6) is 0. The van der Waals surface area contributed by atoms with E-state index in [4.69, 9.17) is 16.3 Å². The van der Waals surface area contributed by atoms with Gasteiger partial charge in [0.05, 0.1) is 6.10 Å². The van der Waals surface area contributed by atoms with Crippen molar-refractivity contribution in [3.05, 3.63) is 28.8 Å². The number of aliphatic hydroxyl groups is 1. The summed E-state index contributed by atoms with van der Waals surface area (Å²) in [4.78, 5) is 11.8. The van der Waals surface area contributed by atoms with Crippen LogP contribution in [0.25, 0.3) is 0 Å². The Morgan fingerprint density at radius 2 is 2.10 bits per heavy atom. The Morgan fingerprint density at radius 1 is 1.45 bits per heavy atom. The Bertz CT molecular complexity index is 467. The Labute approximate surface area is 125 Å². The average molecular weight is 300 g/mol. The quantitative estimate of drug-likeness (QED) is 0.883. The predicted octanol–water partition coefficient (Wildman–Crippen LogP) is 4.00. The average Bonchev–Trinajstić information content (AvgIpc) is 2.24. The van der Waals surface area contributed by atoms with Gasteiger partial charge < -0.3 is 9.84 Å². The van der Waals surface area contributed by atoms with Gasteiger partial charge in [-0.1, -0.05) is 17.7 Å². The highest BCUT2D eigenvalue weighted by atomic mass is 35.5. The van der Waals surface area contributed by atoms with E-state index in [1.165, 1.54) is 0 Å². The molecule has 0 fully saturated rings. The molecule has 1 aromatic carbocycles. The Morgan fingerprint density at radius 3 is 2.65 bits per heavy atom. The Balaban J connectivity index is 2.81. The first-order valence-electron chi connectivity index (χ1n) is 6.64. The van der Waals surface area contributed by atoms with Crippen LogP contribution in [0.4, 0.5) is 10.5 Å². The van der Waals surface area contributed by atoms with Crippen LogP contribution in [0.15, 0.2) is 18.2 Å². The maximum absolute atomic E-state index is 11.8. The van der Waals surface area contributed by atoms with E-state index in [1.807, 2.05) is 6.07 Å². The van der Waals surface area contributed by atoms with Crippen LogP contribution in [0.3, 0.4) is 0 Å². The fourth-order valence-electron chi connectivity index (χ4n) is 1.66. The lowest BCUT2D eigenvalue weighted by Crippen LogP contribution is -2.27. The lowest BCUT2D eigenvalue weighted by molar-refractivity contribution is 0.0636. The zero-order valence-electron chi connectivity index (χ0n) is 12.4. The van der Waals surface area contributed by atoms with E-state index in [2.05, 4.69) is 5.32 Å². The Hall–Kier alpha value is -1.26. The van der Waals surface area contributed by atoms with Crippen LogP contribution in [0.2, 0.25) is 5.02 Å². The second-order valence-electron chi connectivity index (χ2n) is 5.82.